The first kappa shape index (κ1) is 15.2. The Labute approximate surface area is 139 Å². The van der Waals surface area contributed by atoms with Crippen molar-refractivity contribution in [1.29, 1.82) is 0 Å². The van der Waals surface area contributed by atoms with E-state index < -0.39 is 0 Å². The maximum Gasteiger partial charge on any atom is 0.133 e. The molecule has 2 saturated carbocycles. The van der Waals surface area contributed by atoms with Crippen molar-refractivity contribution < 1.29 is 9.90 Å². The van der Waals surface area contributed by atoms with E-state index in [1.165, 1.54) is 42.4 Å². The number of Topliss-reactive ketones (excluding diaryl/α,β-unsaturated/α-hetero) is 1. The Morgan fingerprint density at radius 3 is 2.74 bits per heavy atom. The van der Waals surface area contributed by atoms with Crippen LogP contribution in [0.15, 0.2) is 12.1 Å². The molecule has 1 aromatic rings. The molecule has 0 saturated heterocycles. The van der Waals surface area contributed by atoms with Crippen LogP contribution in [0.1, 0.15) is 68.6 Å². The van der Waals surface area contributed by atoms with Crippen LogP contribution in [-0.4, -0.2) is 10.9 Å². The van der Waals surface area contributed by atoms with Crippen molar-refractivity contribution in [2.75, 3.05) is 0 Å². The van der Waals surface area contributed by atoms with E-state index in [-0.39, 0.29) is 11.3 Å². The Kier molecular flexibility index (Phi) is 3.37. The highest BCUT2D eigenvalue weighted by atomic mass is 16.3. The minimum atomic E-state index is 0.231. The smallest absolute Gasteiger partial charge is 0.133 e. The van der Waals surface area contributed by atoms with Gasteiger partial charge in [0, 0.05) is 5.92 Å². The Hall–Kier alpha value is -1.31. The van der Waals surface area contributed by atoms with Gasteiger partial charge in [0.25, 0.3) is 0 Å². The predicted octanol–water partition coefficient (Wildman–Crippen LogP) is 4.76. The lowest BCUT2D eigenvalue weighted by atomic mass is 9.53. The SMILES string of the molecule is CC(=O)C1CCC2C3CCc4cc(O)cc(C)c4C3CCC12C. The van der Waals surface area contributed by atoms with Gasteiger partial charge in [-0.2, -0.15) is 0 Å². The van der Waals surface area contributed by atoms with E-state index in [9.17, 15) is 9.90 Å². The minimum Gasteiger partial charge on any atom is -0.508 e. The van der Waals surface area contributed by atoms with Crippen LogP contribution in [0.5, 0.6) is 5.75 Å². The van der Waals surface area contributed by atoms with Gasteiger partial charge in [0.2, 0.25) is 0 Å². The van der Waals surface area contributed by atoms with Crippen molar-refractivity contribution >= 4 is 5.78 Å². The van der Waals surface area contributed by atoms with Gasteiger partial charge >= 0.3 is 0 Å². The molecule has 4 rings (SSSR count). The molecule has 23 heavy (non-hydrogen) atoms. The zero-order valence-corrected chi connectivity index (χ0v) is 14.6. The number of aryl methyl sites for hydroxylation is 2. The molecule has 0 aliphatic heterocycles. The summed E-state index contributed by atoms with van der Waals surface area (Å²) in [4.78, 5) is 12.1. The third kappa shape index (κ3) is 2.10. The van der Waals surface area contributed by atoms with Crippen LogP contribution in [0, 0.1) is 30.1 Å². The fourth-order valence-electron chi connectivity index (χ4n) is 6.63. The van der Waals surface area contributed by atoms with Crippen molar-refractivity contribution in [2.45, 2.75) is 65.2 Å². The van der Waals surface area contributed by atoms with Crippen molar-refractivity contribution in [3.8, 4) is 5.75 Å². The third-order valence-corrected chi connectivity index (χ3v) is 7.50. The van der Waals surface area contributed by atoms with Crippen molar-refractivity contribution in [3.63, 3.8) is 0 Å². The highest BCUT2D eigenvalue weighted by molar-refractivity contribution is 5.79. The van der Waals surface area contributed by atoms with Gasteiger partial charge in [-0.3, -0.25) is 4.79 Å². The number of benzene rings is 1. The van der Waals surface area contributed by atoms with Crippen LogP contribution >= 0.6 is 0 Å². The van der Waals surface area contributed by atoms with Crippen LogP contribution in [0.3, 0.4) is 0 Å². The van der Waals surface area contributed by atoms with Crippen molar-refractivity contribution in [2.24, 2.45) is 23.2 Å². The maximum absolute atomic E-state index is 12.1. The Morgan fingerprint density at radius 2 is 2.00 bits per heavy atom. The Balaban J connectivity index is 1.72. The molecule has 2 nitrogen and oxygen atoms in total. The normalized spacial score (nSPS) is 38.6. The summed E-state index contributed by atoms with van der Waals surface area (Å²) < 4.78 is 0. The van der Waals surface area contributed by atoms with Gasteiger partial charge < -0.3 is 5.11 Å². The topological polar surface area (TPSA) is 37.3 Å². The van der Waals surface area contributed by atoms with Gasteiger partial charge in [0.1, 0.15) is 11.5 Å². The Morgan fingerprint density at radius 1 is 1.22 bits per heavy atom. The molecule has 0 heterocycles. The van der Waals surface area contributed by atoms with E-state index in [2.05, 4.69) is 13.8 Å². The van der Waals surface area contributed by atoms with E-state index in [0.717, 1.165) is 18.8 Å². The molecule has 1 aromatic carbocycles. The number of phenolic OH excluding ortho intramolecular Hbond substituents is 1. The molecule has 0 amide bonds. The average Bonchev–Trinajstić information content (AvgIpc) is 2.83. The zero-order chi connectivity index (χ0) is 16.4. The molecule has 0 radical (unpaired) electrons. The van der Waals surface area contributed by atoms with E-state index in [1.54, 1.807) is 6.92 Å². The number of hydrogen-bond donors (Lipinski definition) is 1. The second-order valence-corrected chi connectivity index (χ2v) is 8.54. The Bertz CT molecular complexity index is 662. The average molecular weight is 312 g/mol. The summed E-state index contributed by atoms with van der Waals surface area (Å²) in [6.45, 7) is 6.35. The lowest BCUT2D eigenvalue weighted by molar-refractivity contribution is -0.125. The quantitative estimate of drug-likeness (QED) is 0.811. The van der Waals surface area contributed by atoms with Crippen molar-refractivity contribution in [1.82, 2.24) is 0 Å². The number of ketones is 1. The molecular weight excluding hydrogens is 284 g/mol. The fraction of sp³-hybridized carbons (Fsp3) is 0.667. The molecule has 1 N–H and O–H groups in total. The summed E-state index contributed by atoms with van der Waals surface area (Å²) >= 11 is 0. The summed E-state index contributed by atoms with van der Waals surface area (Å²) in [7, 11) is 0. The molecule has 3 aliphatic carbocycles. The molecule has 2 heteroatoms. The summed E-state index contributed by atoms with van der Waals surface area (Å²) in [5, 5.41) is 9.91. The number of aromatic hydroxyl groups is 1. The highest BCUT2D eigenvalue weighted by Crippen LogP contribution is 2.63. The van der Waals surface area contributed by atoms with Crippen molar-refractivity contribution in [3.05, 3.63) is 28.8 Å². The fourth-order valence-corrected chi connectivity index (χ4v) is 6.63. The lowest BCUT2D eigenvalue weighted by Gasteiger charge is -2.51. The second-order valence-electron chi connectivity index (χ2n) is 8.54. The van der Waals surface area contributed by atoms with Crippen LogP contribution in [0.4, 0.5) is 0 Å². The predicted molar refractivity (Wildman–Crippen MR) is 91.6 cm³/mol. The molecule has 3 aliphatic rings. The van der Waals surface area contributed by atoms with Gasteiger partial charge in [0.05, 0.1) is 0 Å². The summed E-state index contributed by atoms with van der Waals surface area (Å²) in [6, 6.07) is 3.92. The molecule has 2 fully saturated rings. The van der Waals surface area contributed by atoms with E-state index >= 15 is 0 Å². The standard InChI is InChI=1S/C21H28O2/c1-12-10-15(23)11-14-4-5-16-17(20(12)14)8-9-21(3)18(13(2)22)6-7-19(16)21/h10-11,16-19,23H,4-9H2,1-3H3. The van der Waals surface area contributed by atoms with Gasteiger partial charge in [0.15, 0.2) is 0 Å². The first-order valence-electron chi connectivity index (χ1n) is 9.24. The molecule has 0 spiro atoms. The molecule has 0 aromatic heterocycles. The van der Waals surface area contributed by atoms with Gasteiger partial charge in [-0.15, -0.1) is 0 Å². The number of rotatable bonds is 1. The van der Waals surface area contributed by atoms with E-state index in [0.29, 0.717) is 23.4 Å². The van der Waals surface area contributed by atoms with Gasteiger partial charge in [-0.05, 0) is 104 Å². The highest BCUT2D eigenvalue weighted by Gasteiger charge is 2.55. The maximum atomic E-state index is 12.1. The number of phenols is 1. The van der Waals surface area contributed by atoms with Crippen LogP contribution in [-0.2, 0) is 11.2 Å². The van der Waals surface area contributed by atoms with E-state index in [4.69, 9.17) is 0 Å². The summed E-state index contributed by atoms with van der Waals surface area (Å²) in [5.74, 6) is 3.19. The minimum absolute atomic E-state index is 0.231. The number of fused-ring (bicyclic) bond motifs is 5. The molecule has 124 valence electrons. The number of hydrogen-bond acceptors (Lipinski definition) is 2. The molecule has 5 unspecified atom stereocenters. The molecule has 0 bridgehead atoms. The summed E-state index contributed by atoms with van der Waals surface area (Å²) in [6.07, 6.45) is 7.03. The van der Waals surface area contributed by atoms with Gasteiger partial charge in [-0.1, -0.05) is 6.92 Å². The molecular formula is C21H28O2. The van der Waals surface area contributed by atoms with Gasteiger partial charge in [-0.25, -0.2) is 0 Å². The third-order valence-electron chi connectivity index (χ3n) is 7.50. The first-order valence-corrected chi connectivity index (χ1v) is 9.24. The summed E-state index contributed by atoms with van der Waals surface area (Å²) in [5.41, 5.74) is 4.38. The van der Waals surface area contributed by atoms with Crippen LogP contribution in [0.25, 0.3) is 0 Å². The van der Waals surface area contributed by atoms with E-state index in [1.807, 2.05) is 12.1 Å². The first-order chi connectivity index (χ1) is 10.9. The van der Waals surface area contributed by atoms with Crippen LogP contribution in [0.2, 0.25) is 0 Å². The number of carbonyl (C=O) groups excluding carboxylic acids is 1. The lowest BCUT2D eigenvalue weighted by Crippen LogP contribution is -2.43. The monoisotopic (exact) mass is 312 g/mol. The number of carbonyl (C=O) groups is 1. The zero-order valence-electron chi connectivity index (χ0n) is 14.6. The largest absolute Gasteiger partial charge is 0.508 e. The van der Waals surface area contributed by atoms with Crippen LogP contribution < -0.4 is 0 Å². The molecule has 5 atom stereocenters. The second kappa shape index (κ2) is 5.09.